The molecule has 0 unspecified atom stereocenters. The van der Waals surface area contributed by atoms with Gasteiger partial charge in [-0.25, -0.2) is 8.42 Å². The Morgan fingerprint density at radius 2 is 2.06 bits per heavy atom. The molecule has 1 rings (SSSR count). The standard InChI is InChI=1S/C10H16N2O3S/c1-12(16(3,13)14)9-5-4-8(7-11)6-10(9)15-2/h4-6H,7,11H2,1-3H3. The van der Waals surface area contributed by atoms with Gasteiger partial charge in [0.1, 0.15) is 5.75 Å². The molecule has 6 heteroatoms. The van der Waals surface area contributed by atoms with Crippen molar-refractivity contribution in [2.24, 2.45) is 5.73 Å². The molecular formula is C10H16N2O3S. The maximum absolute atomic E-state index is 11.4. The van der Waals surface area contributed by atoms with E-state index in [0.29, 0.717) is 18.0 Å². The molecule has 0 aliphatic heterocycles. The normalized spacial score (nSPS) is 11.2. The summed E-state index contributed by atoms with van der Waals surface area (Å²) in [6.45, 7) is 0.388. The molecule has 0 saturated carbocycles. The molecule has 0 aliphatic carbocycles. The van der Waals surface area contributed by atoms with Gasteiger partial charge < -0.3 is 10.5 Å². The molecule has 0 amide bonds. The van der Waals surface area contributed by atoms with Crippen molar-refractivity contribution in [3.05, 3.63) is 23.8 Å². The highest BCUT2D eigenvalue weighted by Crippen LogP contribution is 2.29. The van der Waals surface area contributed by atoms with Crippen LogP contribution in [0.2, 0.25) is 0 Å². The maximum atomic E-state index is 11.4. The Morgan fingerprint density at radius 3 is 2.50 bits per heavy atom. The van der Waals surface area contributed by atoms with Crippen LogP contribution in [-0.4, -0.2) is 28.8 Å². The number of rotatable bonds is 4. The summed E-state index contributed by atoms with van der Waals surface area (Å²) in [7, 11) is -0.309. The fourth-order valence-electron chi connectivity index (χ4n) is 1.29. The first kappa shape index (κ1) is 12.8. The Balaban J connectivity index is 3.24. The molecule has 16 heavy (non-hydrogen) atoms. The van der Waals surface area contributed by atoms with E-state index in [4.69, 9.17) is 10.5 Å². The highest BCUT2D eigenvalue weighted by molar-refractivity contribution is 7.92. The summed E-state index contributed by atoms with van der Waals surface area (Å²) in [6, 6.07) is 5.19. The lowest BCUT2D eigenvalue weighted by molar-refractivity contribution is 0.415. The monoisotopic (exact) mass is 244 g/mol. The van der Waals surface area contributed by atoms with Crippen LogP contribution in [0.25, 0.3) is 0 Å². The summed E-state index contributed by atoms with van der Waals surface area (Å²) in [5.74, 6) is 0.496. The smallest absolute Gasteiger partial charge is 0.232 e. The molecule has 1 aromatic rings. The number of methoxy groups -OCH3 is 1. The van der Waals surface area contributed by atoms with Crippen LogP contribution in [-0.2, 0) is 16.6 Å². The molecule has 5 nitrogen and oxygen atoms in total. The lowest BCUT2D eigenvalue weighted by atomic mass is 10.2. The van der Waals surface area contributed by atoms with E-state index in [1.54, 1.807) is 18.2 Å². The number of nitrogens with zero attached hydrogens (tertiary/aromatic N) is 1. The van der Waals surface area contributed by atoms with Gasteiger partial charge in [-0.15, -0.1) is 0 Å². The lowest BCUT2D eigenvalue weighted by Crippen LogP contribution is -2.25. The van der Waals surface area contributed by atoms with Gasteiger partial charge in [-0.3, -0.25) is 4.31 Å². The Hall–Kier alpha value is -1.27. The number of benzene rings is 1. The van der Waals surface area contributed by atoms with Crippen molar-refractivity contribution in [2.45, 2.75) is 6.54 Å². The summed E-state index contributed by atoms with van der Waals surface area (Å²) >= 11 is 0. The van der Waals surface area contributed by atoms with E-state index < -0.39 is 10.0 Å². The Morgan fingerprint density at radius 1 is 1.44 bits per heavy atom. The Kier molecular flexibility index (Phi) is 3.77. The average molecular weight is 244 g/mol. The molecule has 2 N–H and O–H groups in total. The quantitative estimate of drug-likeness (QED) is 0.839. The third kappa shape index (κ3) is 2.65. The van der Waals surface area contributed by atoms with Crippen LogP contribution in [0.5, 0.6) is 5.75 Å². The van der Waals surface area contributed by atoms with Gasteiger partial charge in [0.05, 0.1) is 19.1 Å². The van der Waals surface area contributed by atoms with Crippen molar-refractivity contribution in [3.63, 3.8) is 0 Å². The highest BCUT2D eigenvalue weighted by Gasteiger charge is 2.16. The van der Waals surface area contributed by atoms with E-state index >= 15 is 0 Å². The molecule has 0 saturated heterocycles. The number of sulfonamides is 1. The van der Waals surface area contributed by atoms with Crippen molar-refractivity contribution >= 4 is 15.7 Å². The lowest BCUT2D eigenvalue weighted by Gasteiger charge is -2.19. The summed E-state index contributed by atoms with van der Waals surface area (Å²) in [4.78, 5) is 0. The molecule has 0 atom stereocenters. The second kappa shape index (κ2) is 4.71. The van der Waals surface area contributed by atoms with Crippen molar-refractivity contribution in [2.75, 3.05) is 24.7 Å². The summed E-state index contributed by atoms with van der Waals surface area (Å²) in [5.41, 5.74) is 6.89. The van der Waals surface area contributed by atoms with Crippen LogP contribution in [0, 0.1) is 0 Å². The van der Waals surface area contributed by atoms with Crippen LogP contribution >= 0.6 is 0 Å². The third-order valence-corrected chi connectivity index (χ3v) is 3.51. The van der Waals surface area contributed by atoms with E-state index in [9.17, 15) is 8.42 Å². The van der Waals surface area contributed by atoms with Crippen LogP contribution in [0.15, 0.2) is 18.2 Å². The molecule has 1 aromatic carbocycles. The fraction of sp³-hybridized carbons (Fsp3) is 0.400. The Labute approximate surface area is 95.9 Å². The van der Waals surface area contributed by atoms with Gasteiger partial charge in [0, 0.05) is 13.6 Å². The van der Waals surface area contributed by atoms with Gasteiger partial charge in [-0.1, -0.05) is 6.07 Å². The summed E-state index contributed by atoms with van der Waals surface area (Å²) in [6.07, 6.45) is 1.14. The largest absolute Gasteiger partial charge is 0.495 e. The molecule has 0 spiro atoms. The molecule has 0 aromatic heterocycles. The zero-order chi connectivity index (χ0) is 12.3. The van der Waals surface area contributed by atoms with Gasteiger partial charge in [0.2, 0.25) is 10.0 Å². The zero-order valence-electron chi connectivity index (χ0n) is 9.60. The third-order valence-electron chi connectivity index (χ3n) is 2.32. The molecule has 90 valence electrons. The van der Waals surface area contributed by atoms with E-state index in [2.05, 4.69) is 0 Å². The van der Waals surface area contributed by atoms with E-state index in [-0.39, 0.29) is 0 Å². The van der Waals surface area contributed by atoms with Gasteiger partial charge >= 0.3 is 0 Å². The first-order chi connectivity index (χ1) is 7.40. The first-order valence-corrected chi connectivity index (χ1v) is 6.56. The second-order valence-corrected chi connectivity index (χ2v) is 5.45. The predicted octanol–water partition coefficient (Wildman–Crippen LogP) is 0.550. The van der Waals surface area contributed by atoms with Gasteiger partial charge in [-0.05, 0) is 17.7 Å². The minimum Gasteiger partial charge on any atom is -0.495 e. The van der Waals surface area contributed by atoms with Crippen LogP contribution in [0.1, 0.15) is 5.56 Å². The van der Waals surface area contributed by atoms with E-state index in [1.165, 1.54) is 18.5 Å². The van der Waals surface area contributed by atoms with Crippen molar-refractivity contribution in [3.8, 4) is 5.75 Å². The van der Waals surface area contributed by atoms with E-state index in [1.807, 2.05) is 0 Å². The number of nitrogens with two attached hydrogens (primary N) is 1. The average Bonchev–Trinajstić information content (AvgIpc) is 2.26. The van der Waals surface area contributed by atoms with Crippen LogP contribution in [0.3, 0.4) is 0 Å². The molecular weight excluding hydrogens is 228 g/mol. The van der Waals surface area contributed by atoms with Gasteiger partial charge in [0.15, 0.2) is 0 Å². The number of hydrogen-bond donors (Lipinski definition) is 1. The fourth-order valence-corrected chi connectivity index (χ4v) is 1.80. The Bertz CT molecular complexity index is 471. The zero-order valence-corrected chi connectivity index (χ0v) is 10.4. The first-order valence-electron chi connectivity index (χ1n) is 4.71. The molecule has 0 fully saturated rings. The van der Waals surface area contributed by atoms with Gasteiger partial charge in [0.25, 0.3) is 0 Å². The number of anilines is 1. The minimum absolute atomic E-state index is 0.388. The SMILES string of the molecule is COc1cc(CN)ccc1N(C)S(C)(=O)=O. The van der Waals surface area contributed by atoms with Crippen LogP contribution < -0.4 is 14.8 Å². The van der Waals surface area contributed by atoms with Crippen molar-refractivity contribution < 1.29 is 13.2 Å². The van der Waals surface area contributed by atoms with Gasteiger partial charge in [-0.2, -0.15) is 0 Å². The predicted molar refractivity (Wildman–Crippen MR) is 64.1 cm³/mol. The highest BCUT2D eigenvalue weighted by atomic mass is 32.2. The number of hydrogen-bond acceptors (Lipinski definition) is 4. The van der Waals surface area contributed by atoms with Crippen molar-refractivity contribution in [1.29, 1.82) is 0 Å². The minimum atomic E-state index is -3.29. The molecule has 0 aliphatic rings. The second-order valence-electron chi connectivity index (χ2n) is 3.44. The van der Waals surface area contributed by atoms with E-state index in [0.717, 1.165) is 11.8 Å². The molecule has 0 radical (unpaired) electrons. The van der Waals surface area contributed by atoms with Crippen molar-refractivity contribution in [1.82, 2.24) is 0 Å². The van der Waals surface area contributed by atoms with Crippen LogP contribution in [0.4, 0.5) is 5.69 Å². The summed E-state index contributed by atoms with van der Waals surface area (Å²) in [5, 5.41) is 0. The molecule has 0 bridgehead atoms. The topological polar surface area (TPSA) is 72.6 Å². The summed E-state index contributed by atoms with van der Waals surface area (Å²) < 4.78 is 29.1. The maximum Gasteiger partial charge on any atom is 0.232 e. The number of ether oxygens (including phenoxy) is 1. The molecule has 0 heterocycles.